The van der Waals surface area contributed by atoms with Crippen molar-refractivity contribution < 1.29 is 22.3 Å². The van der Waals surface area contributed by atoms with Gasteiger partial charge in [0.25, 0.3) is 0 Å². The second-order valence-corrected chi connectivity index (χ2v) is 9.86. The number of aromatic nitrogens is 1. The van der Waals surface area contributed by atoms with Crippen molar-refractivity contribution in [3.05, 3.63) is 131 Å². The first kappa shape index (κ1) is 30.6. The van der Waals surface area contributed by atoms with Crippen LogP contribution in [0.3, 0.4) is 0 Å². The van der Waals surface area contributed by atoms with Crippen molar-refractivity contribution in [2.45, 2.75) is 52.0 Å². The van der Waals surface area contributed by atoms with Crippen LogP contribution in [0.15, 0.2) is 114 Å². The van der Waals surface area contributed by atoms with Crippen molar-refractivity contribution in [2.75, 3.05) is 0 Å². The van der Waals surface area contributed by atoms with E-state index in [9.17, 15) is 22.4 Å². The van der Waals surface area contributed by atoms with Crippen LogP contribution in [0, 0.1) is 0 Å². The van der Waals surface area contributed by atoms with E-state index in [-0.39, 0.29) is 21.3 Å². The second-order valence-electron chi connectivity index (χ2n) is 9.86. The van der Waals surface area contributed by atoms with Crippen molar-refractivity contribution in [3.8, 4) is 33.8 Å². The number of rotatable bonds is 12. The van der Waals surface area contributed by atoms with Gasteiger partial charge in [0.15, 0.2) is 5.43 Å². The zero-order chi connectivity index (χ0) is 30.1. The Morgan fingerprint density at radius 2 is 1.45 bits per heavy atom. The van der Waals surface area contributed by atoms with Gasteiger partial charge in [0, 0.05) is 23.5 Å². The van der Waals surface area contributed by atoms with Crippen molar-refractivity contribution in [2.24, 2.45) is 0 Å². The zero-order valence-electron chi connectivity index (χ0n) is 23.6. The van der Waals surface area contributed by atoms with Crippen molar-refractivity contribution in [3.63, 3.8) is 0 Å². The molecule has 0 fully saturated rings. The maximum Gasteiger partial charge on any atom is 0.389 e. The first-order valence-corrected chi connectivity index (χ1v) is 13.8. The first-order valence-electron chi connectivity index (χ1n) is 13.8. The molecule has 0 aliphatic rings. The van der Waals surface area contributed by atoms with E-state index in [4.69, 9.17) is 4.74 Å². The third-order valence-corrected chi connectivity index (χ3v) is 6.87. The molecule has 0 bridgehead atoms. The van der Waals surface area contributed by atoms with Gasteiger partial charge in [-0.2, -0.15) is 8.78 Å². The summed E-state index contributed by atoms with van der Waals surface area (Å²) in [4.78, 5) is 14.0. The SMILES string of the molecule is C/C=C/CCc1ccc(-c2cn(C(F)(F)C(F)F)cc(-c3cccc(Oc4ccccc4)c3)c2=O)c(CC/C=C/C)c1. The Labute approximate surface area is 243 Å². The van der Waals surface area contributed by atoms with Crippen LogP contribution >= 0.6 is 0 Å². The largest absolute Gasteiger partial charge is 0.457 e. The molecule has 0 aliphatic carbocycles. The molecule has 0 radical (unpaired) electrons. The summed E-state index contributed by atoms with van der Waals surface area (Å²) < 4.78 is 62.8. The van der Waals surface area contributed by atoms with Gasteiger partial charge in [-0.3, -0.25) is 9.36 Å². The van der Waals surface area contributed by atoms with E-state index in [0.29, 0.717) is 29.9 Å². The summed E-state index contributed by atoms with van der Waals surface area (Å²) in [6, 6.07) is 16.4. The average Bonchev–Trinajstić information content (AvgIpc) is 2.98. The lowest BCUT2D eigenvalue weighted by molar-refractivity contribution is -0.189. The Kier molecular flexibility index (Phi) is 10.2. The molecule has 0 saturated heterocycles. The molecule has 1 aromatic heterocycles. The van der Waals surface area contributed by atoms with E-state index in [1.54, 1.807) is 48.5 Å². The summed E-state index contributed by atoms with van der Waals surface area (Å²) in [5.74, 6) is 0.915. The summed E-state index contributed by atoms with van der Waals surface area (Å²) in [6.07, 6.45) is 8.39. The third kappa shape index (κ3) is 7.27. The van der Waals surface area contributed by atoms with E-state index in [0.717, 1.165) is 36.4 Å². The lowest BCUT2D eigenvalue weighted by atomic mass is 9.92. The maximum atomic E-state index is 14.8. The van der Waals surface area contributed by atoms with Crippen LogP contribution in [-0.4, -0.2) is 11.0 Å². The van der Waals surface area contributed by atoms with Gasteiger partial charge in [-0.25, -0.2) is 8.78 Å². The molecule has 0 unspecified atom stereocenters. The number of allylic oxidation sites excluding steroid dienone is 4. The van der Waals surface area contributed by atoms with Crippen molar-refractivity contribution in [1.29, 1.82) is 0 Å². The number of aryl methyl sites for hydroxylation is 2. The minimum atomic E-state index is -4.53. The Hall–Kier alpha value is -4.39. The van der Waals surface area contributed by atoms with Gasteiger partial charge < -0.3 is 4.74 Å². The Bertz CT molecular complexity index is 1610. The van der Waals surface area contributed by atoms with Crippen LogP contribution in [0.4, 0.5) is 17.6 Å². The fraction of sp³-hybridized carbons (Fsp3) is 0.229. The maximum absolute atomic E-state index is 14.8. The van der Waals surface area contributed by atoms with Crippen LogP contribution in [0.2, 0.25) is 0 Å². The van der Waals surface area contributed by atoms with Gasteiger partial charge >= 0.3 is 12.5 Å². The van der Waals surface area contributed by atoms with Crippen molar-refractivity contribution in [1.82, 2.24) is 4.57 Å². The summed E-state index contributed by atoms with van der Waals surface area (Å²) in [5, 5.41) is 0. The summed E-state index contributed by atoms with van der Waals surface area (Å²) in [5.41, 5.74) is 1.78. The van der Waals surface area contributed by atoms with Crippen LogP contribution in [-0.2, 0) is 18.9 Å². The molecule has 218 valence electrons. The lowest BCUT2D eigenvalue weighted by Gasteiger charge is -2.22. The zero-order valence-corrected chi connectivity index (χ0v) is 23.6. The minimum Gasteiger partial charge on any atom is -0.457 e. The van der Waals surface area contributed by atoms with Crippen molar-refractivity contribution >= 4 is 0 Å². The quantitative estimate of drug-likeness (QED) is 0.124. The summed E-state index contributed by atoms with van der Waals surface area (Å²) in [7, 11) is 0. The highest BCUT2D eigenvalue weighted by Gasteiger charge is 2.43. The van der Waals surface area contributed by atoms with Crippen LogP contribution in [0.1, 0.15) is 37.8 Å². The normalized spacial score (nSPS) is 12.1. The molecule has 3 nitrogen and oxygen atoms in total. The molecular formula is C35H33F4NO2. The molecule has 0 spiro atoms. The topological polar surface area (TPSA) is 31.2 Å². The fourth-order valence-electron chi connectivity index (χ4n) is 4.71. The second kappa shape index (κ2) is 14.0. The van der Waals surface area contributed by atoms with Gasteiger partial charge in [0.1, 0.15) is 11.5 Å². The number of halogens is 4. The molecule has 1 heterocycles. The molecule has 0 N–H and O–H groups in total. The monoisotopic (exact) mass is 575 g/mol. The fourth-order valence-corrected chi connectivity index (χ4v) is 4.71. The standard InChI is InChI=1S/C35H33F4NO2/c1-3-5-8-13-25-19-20-30(26(21-25)14-9-6-4-2)32-24-40(35(38,39)34(36)37)23-31(33(32)41)27-15-12-18-29(22-27)42-28-16-10-7-11-17-28/h3-7,10-12,15-24,34H,8-9,13-14H2,1-2H3/b5-3+,6-4+. The summed E-state index contributed by atoms with van der Waals surface area (Å²) >= 11 is 0. The van der Waals surface area contributed by atoms with Gasteiger partial charge in [-0.1, -0.05) is 72.8 Å². The van der Waals surface area contributed by atoms with Gasteiger partial charge in [0.05, 0.1) is 0 Å². The van der Waals surface area contributed by atoms with Crippen LogP contribution < -0.4 is 10.2 Å². The first-order chi connectivity index (χ1) is 20.2. The number of ether oxygens (including phenoxy) is 1. The highest BCUT2D eigenvalue weighted by molar-refractivity contribution is 5.74. The molecule has 7 heteroatoms. The molecular weight excluding hydrogens is 542 g/mol. The van der Waals surface area contributed by atoms with Crippen LogP contribution in [0.5, 0.6) is 11.5 Å². The Morgan fingerprint density at radius 1 is 0.786 bits per heavy atom. The third-order valence-electron chi connectivity index (χ3n) is 6.87. The highest BCUT2D eigenvalue weighted by atomic mass is 19.3. The molecule has 0 saturated carbocycles. The molecule has 42 heavy (non-hydrogen) atoms. The van der Waals surface area contributed by atoms with E-state index in [1.165, 1.54) is 6.07 Å². The Morgan fingerprint density at radius 3 is 2.14 bits per heavy atom. The predicted molar refractivity (Wildman–Crippen MR) is 161 cm³/mol. The molecule has 3 aromatic carbocycles. The van der Waals surface area contributed by atoms with E-state index < -0.39 is 17.9 Å². The van der Waals surface area contributed by atoms with E-state index in [1.807, 2.05) is 50.3 Å². The number of pyridine rings is 1. The molecule has 0 aliphatic heterocycles. The van der Waals surface area contributed by atoms with Gasteiger partial charge in [0.2, 0.25) is 0 Å². The van der Waals surface area contributed by atoms with Gasteiger partial charge in [-0.05, 0) is 86.1 Å². The number of alkyl halides is 4. The van der Waals surface area contributed by atoms with E-state index >= 15 is 0 Å². The lowest BCUT2D eigenvalue weighted by Crippen LogP contribution is -2.32. The molecule has 0 amide bonds. The average molecular weight is 576 g/mol. The number of hydrogen-bond acceptors (Lipinski definition) is 2. The number of nitrogens with zero attached hydrogens (tertiary/aromatic N) is 1. The number of para-hydroxylation sites is 1. The number of hydrogen-bond donors (Lipinski definition) is 0. The van der Waals surface area contributed by atoms with Gasteiger partial charge in [-0.15, -0.1) is 0 Å². The number of benzene rings is 3. The molecule has 4 aromatic rings. The smallest absolute Gasteiger partial charge is 0.389 e. The van der Waals surface area contributed by atoms with Crippen LogP contribution in [0.25, 0.3) is 22.3 Å². The molecule has 0 atom stereocenters. The Balaban J connectivity index is 1.88. The highest BCUT2D eigenvalue weighted by Crippen LogP contribution is 2.34. The predicted octanol–water partition coefficient (Wildman–Crippen LogP) is 9.81. The van der Waals surface area contributed by atoms with E-state index in [2.05, 4.69) is 6.08 Å². The summed E-state index contributed by atoms with van der Waals surface area (Å²) in [6.45, 7) is 3.85. The molecule has 4 rings (SSSR count). The minimum absolute atomic E-state index is 0.0716.